The Bertz CT molecular complexity index is 747. The van der Waals surface area contributed by atoms with Crippen molar-refractivity contribution < 1.29 is 8.42 Å². The number of nitrogens with two attached hydrogens (primary N) is 1. The van der Waals surface area contributed by atoms with Gasteiger partial charge in [0.15, 0.2) is 0 Å². The molecule has 6 heteroatoms. The molecular weight excluding hydrogens is 274 g/mol. The summed E-state index contributed by atoms with van der Waals surface area (Å²) in [5.74, 6) is 5.53. The summed E-state index contributed by atoms with van der Waals surface area (Å²) in [4.78, 5) is 3.90. The van der Waals surface area contributed by atoms with Crippen LogP contribution in [0.25, 0.3) is 0 Å². The minimum Gasteiger partial charge on any atom is -0.320 e. The summed E-state index contributed by atoms with van der Waals surface area (Å²) in [6.07, 6.45) is 2.80. The van der Waals surface area contributed by atoms with Crippen LogP contribution < -0.4 is 10.5 Å². The van der Waals surface area contributed by atoms with Gasteiger partial charge in [-0.25, -0.2) is 8.42 Å². The third kappa shape index (κ3) is 3.35. The summed E-state index contributed by atoms with van der Waals surface area (Å²) in [6, 6.07) is 9.92. The van der Waals surface area contributed by atoms with E-state index in [1.807, 2.05) is 0 Å². The summed E-state index contributed by atoms with van der Waals surface area (Å²) in [5.41, 5.74) is 6.31. The highest BCUT2D eigenvalue weighted by molar-refractivity contribution is 7.92. The molecule has 0 unspecified atom stereocenters. The number of nitrogens with zero attached hydrogens (tertiary/aromatic N) is 1. The van der Waals surface area contributed by atoms with Crippen LogP contribution in [0.15, 0.2) is 53.7 Å². The highest BCUT2D eigenvalue weighted by atomic mass is 32.2. The molecule has 0 aliphatic heterocycles. The third-order valence-corrected chi connectivity index (χ3v) is 3.79. The largest absolute Gasteiger partial charge is 0.320 e. The highest BCUT2D eigenvalue weighted by Gasteiger charge is 2.15. The first-order valence-corrected chi connectivity index (χ1v) is 7.32. The molecule has 1 heterocycles. The van der Waals surface area contributed by atoms with Crippen LogP contribution in [0.3, 0.4) is 0 Å². The lowest BCUT2D eigenvalue weighted by Crippen LogP contribution is -2.14. The van der Waals surface area contributed by atoms with Gasteiger partial charge >= 0.3 is 0 Å². The lowest BCUT2D eigenvalue weighted by molar-refractivity contribution is 0.601. The van der Waals surface area contributed by atoms with Gasteiger partial charge in [0, 0.05) is 18.0 Å². The maximum atomic E-state index is 12.2. The van der Waals surface area contributed by atoms with Crippen LogP contribution >= 0.6 is 0 Å². The molecule has 0 bridgehead atoms. The molecule has 0 aliphatic rings. The summed E-state index contributed by atoms with van der Waals surface area (Å²) < 4.78 is 26.9. The fourth-order valence-corrected chi connectivity index (χ4v) is 2.58. The summed E-state index contributed by atoms with van der Waals surface area (Å²) in [5, 5.41) is 0. The van der Waals surface area contributed by atoms with Crippen molar-refractivity contribution in [1.82, 2.24) is 4.98 Å². The van der Waals surface area contributed by atoms with Gasteiger partial charge in [0.05, 0.1) is 12.2 Å². The van der Waals surface area contributed by atoms with Gasteiger partial charge in [-0.2, -0.15) is 0 Å². The van der Waals surface area contributed by atoms with E-state index in [0.717, 1.165) is 0 Å². The van der Waals surface area contributed by atoms with E-state index in [4.69, 9.17) is 5.73 Å². The Morgan fingerprint density at radius 3 is 2.70 bits per heavy atom. The summed E-state index contributed by atoms with van der Waals surface area (Å²) in [7, 11) is -3.67. The van der Waals surface area contributed by atoms with Crippen molar-refractivity contribution in [2.24, 2.45) is 5.73 Å². The van der Waals surface area contributed by atoms with Crippen molar-refractivity contribution in [3.8, 4) is 11.8 Å². The number of pyridine rings is 1. The van der Waals surface area contributed by atoms with E-state index in [-0.39, 0.29) is 11.4 Å². The maximum absolute atomic E-state index is 12.2. The minimum absolute atomic E-state index is 0.0987. The summed E-state index contributed by atoms with van der Waals surface area (Å²) >= 11 is 0. The molecule has 2 aromatic rings. The average Bonchev–Trinajstić information content (AvgIpc) is 2.47. The number of aromatic nitrogens is 1. The molecule has 1 aromatic carbocycles. The maximum Gasteiger partial charge on any atom is 0.263 e. The van der Waals surface area contributed by atoms with Gasteiger partial charge in [0.1, 0.15) is 4.90 Å². The minimum atomic E-state index is -3.67. The first kappa shape index (κ1) is 14.1. The van der Waals surface area contributed by atoms with Gasteiger partial charge in [-0.1, -0.05) is 24.0 Å². The van der Waals surface area contributed by atoms with E-state index in [2.05, 4.69) is 21.5 Å². The predicted molar refractivity (Wildman–Crippen MR) is 77.4 cm³/mol. The van der Waals surface area contributed by atoms with Crippen LogP contribution in [0, 0.1) is 11.8 Å². The Morgan fingerprint density at radius 1 is 1.20 bits per heavy atom. The van der Waals surface area contributed by atoms with E-state index in [1.54, 1.807) is 30.3 Å². The normalized spacial score (nSPS) is 10.4. The SMILES string of the molecule is NCC#Cc1ccccc1NS(=O)(=O)c1cccnc1. The number of benzene rings is 1. The van der Waals surface area contributed by atoms with Crippen LogP contribution in [0.2, 0.25) is 0 Å². The van der Waals surface area contributed by atoms with Crippen LogP contribution in [0.5, 0.6) is 0 Å². The molecule has 0 spiro atoms. The summed E-state index contributed by atoms with van der Waals surface area (Å²) in [6.45, 7) is 0.212. The number of rotatable bonds is 3. The smallest absolute Gasteiger partial charge is 0.263 e. The first-order valence-electron chi connectivity index (χ1n) is 5.84. The lowest BCUT2D eigenvalue weighted by atomic mass is 10.2. The quantitative estimate of drug-likeness (QED) is 0.830. The van der Waals surface area contributed by atoms with Gasteiger partial charge < -0.3 is 5.73 Å². The number of sulfonamides is 1. The van der Waals surface area contributed by atoms with Crippen molar-refractivity contribution in [2.45, 2.75) is 4.90 Å². The number of nitrogens with one attached hydrogen (secondary N) is 1. The molecule has 3 N–H and O–H groups in total. The standard InChI is InChI=1S/C14H13N3O2S/c15-9-3-6-12-5-1-2-8-14(12)17-20(18,19)13-7-4-10-16-11-13/h1-2,4-5,7-8,10-11,17H,9,15H2. The zero-order valence-electron chi connectivity index (χ0n) is 10.6. The van der Waals surface area contributed by atoms with Gasteiger partial charge in [0.2, 0.25) is 0 Å². The van der Waals surface area contributed by atoms with Crippen molar-refractivity contribution >= 4 is 15.7 Å². The molecule has 1 aromatic heterocycles. The zero-order valence-corrected chi connectivity index (χ0v) is 11.4. The van der Waals surface area contributed by atoms with Crippen LogP contribution in [0.1, 0.15) is 5.56 Å². The average molecular weight is 287 g/mol. The molecule has 2 rings (SSSR count). The number of para-hydroxylation sites is 1. The molecule has 5 nitrogen and oxygen atoms in total. The molecule has 0 radical (unpaired) electrons. The second-order valence-electron chi connectivity index (χ2n) is 3.85. The Balaban J connectivity index is 2.35. The Hall–Kier alpha value is -2.36. The number of anilines is 1. The van der Waals surface area contributed by atoms with Crippen LogP contribution in [-0.2, 0) is 10.0 Å². The van der Waals surface area contributed by atoms with Crippen molar-refractivity contribution in [3.63, 3.8) is 0 Å². The van der Waals surface area contributed by atoms with Gasteiger partial charge in [-0.3, -0.25) is 9.71 Å². The molecular formula is C14H13N3O2S. The molecule has 0 fully saturated rings. The van der Waals surface area contributed by atoms with Crippen LogP contribution in [-0.4, -0.2) is 19.9 Å². The fraction of sp³-hybridized carbons (Fsp3) is 0.0714. The number of hydrogen-bond acceptors (Lipinski definition) is 4. The van der Waals surface area contributed by atoms with E-state index >= 15 is 0 Å². The van der Waals surface area contributed by atoms with Gasteiger partial charge in [-0.15, -0.1) is 0 Å². The Labute approximate surface area is 117 Å². The monoisotopic (exact) mass is 287 g/mol. The molecule has 0 saturated carbocycles. The number of hydrogen-bond donors (Lipinski definition) is 2. The Kier molecular flexibility index (Phi) is 4.35. The topological polar surface area (TPSA) is 85.1 Å². The molecule has 0 amide bonds. The van der Waals surface area contributed by atoms with Crippen molar-refractivity contribution in [1.29, 1.82) is 0 Å². The van der Waals surface area contributed by atoms with Crippen LogP contribution in [0.4, 0.5) is 5.69 Å². The zero-order chi connectivity index (χ0) is 14.4. The second-order valence-corrected chi connectivity index (χ2v) is 5.53. The van der Waals surface area contributed by atoms with Crippen molar-refractivity contribution in [2.75, 3.05) is 11.3 Å². The second kappa shape index (κ2) is 6.19. The van der Waals surface area contributed by atoms with Crippen molar-refractivity contribution in [3.05, 3.63) is 54.4 Å². The fourth-order valence-electron chi connectivity index (χ4n) is 1.54. The van der Waals surface area contributed by atoms with E-state index in [1.165, 1.54) is 18.5 Å². The molecule has 0 saturated heterocycles. The molecule has 20 heavy (non-hydrogen) atoms. The molecule has 0 aliphatic carbocycles. The first-order chi connectivity index (χ1) is 9.63. The molecule has 0 atom stereocenters. The lowest BCUT2D eigenvalue weighted by Gasteiger charge is -2.09. The van der Waals surface area contributed by atoms with E-state index < -0.39 is 10.0 Å². The molecule has 102 valence electrons. The van der Waals surface area contributed by atoms with E-state index in [0.29, 0.717) is 11.3 Å². The van der Waals surface area contributed by atoms with E-state index in [9.17, 15) is 8.42 Å². The third-order valence-electron chi connectivity index (χ3n) is 2.44. The Morgan fingerprint density at radius 2 is 2.00 bits per heavy atom. The predicted octanol–water partition coefficient (Wildman–Crippen LogP) is 1.19. The van der Waals surface area contributed by atoms with Gasteiger partial charge in [0.25, 0.3) is 10.0 Å². The van der Waals surface area contributed by atoms with Gasteiger partial charge in [-0.05, 0) is 24.3 Å². The highest BCUT2D eigenvalue weighted by Crippen LogP contribution is 2.18.